The number of nitrogens with one attached hydrogen (secondary N) is 1. The van der Waals surface area contributed by atoms with Crippen LogP contribution in [0.2, 0.25) is 10.0 Å². The van der Waals surface area contributed by atoms with Gasteiger partial charge >= 0.3 is 12.1 Å². The molecule has 1 aromatic heterocycles. The van der Waals surface area contributed by atoms with Crippen molar-refractivity contribution in [3.8, 4) is 5.75 Å². The van der Waals surface area contributed by atoms with Crippen LogP contribution in [0.4, 0.5) is 13.2 Å². The Kier molecular flexibility index (Phi) is 10.3. The van der Waals surface area contributed by atoms with Gasteiger partial charge in [-0.25, -0.2) is 4.79 Å². The summed E-state index contributed by atoms with van der Waals surface area (Å²) < 4.78 is 47.1. The normalized spacial score (nSPS) is 14.3. The molecule has 1 aliphatic rings. The van der Waals surface area contributed by atoms with Crippen molar-refractivity contribution in [1.29, 1.82) is 5.41 Å². The number of fused-ring (bicyclic) bond motifs is 1. The summed E-state index contributed by atoms with van der Waals surface area (Å²) in [6.07, 6.45) is -4.31. The smallest absolute Gasteiger partial charge is 0.490 e. The molecule has 2 N–H and O–H groups in total. The van der Waals surface area contributed by atoms with Gasteiger partial charge in [-0.3, -0.25) is 10.3 Å². The number of benzene rings is 2. The molecule has 3 aromatic rings. The van der Waals surface area contributed by atoms with Crippen molar-refractivity contribution in [1.82, 2.24) is 14.0 Å². The minimum atomic E-state index is -5.08. The van der Waals surface area contributed by atoms with E-state index in [1.807, 2.05) is 12.1 Å². The summed E-state index contributed by atoms with van der Waals surface area (Å²) >= 11 is 12.1. The molecule has 0 aliphatic carbocycles. The Morgan fingerprint density at radius 2 is 1.62 bits per heavy atom. The minimum Gasteiger partial charge on any atom is -0.492 e. The first kappa shape index (κ1) is 28.8. The fourth-order valence-electron chi connectivity index (χ4n) is 3.81. The number of morpholine rings is 1. The topological polar surface area (TPSA) is 92.7 Å². The van der Waals surface area contributed by atoms with Crippen molar-refractivity contribution in [3.05, 3.63) is 58.1 Å². The van der Waals surface area contributed by atoms with Gasteiger partial charge in [0.1, 0.15) is 5.75 Å². The zero-order valence-electron chi connectivity index (χ0n) is 19.8. The van der Waals surface area contributed by atoms with Crippen LogP contribution in [0.1, 0.15) is 6.42 Å². The number of halogens is 5. The van der Waals surface area contributed by atoms with E-state index in [2.05, 4.69) is 26.2 Å². The first-order valence-electron chi connectivity index (χ1n) is 11.5. The third kappa shape index (κ3) is 8.13. The van der Waals surface area contributed by atoms with Gasteiger partial charge in [-0.15, -0.1) is 0 Å². The zero-order valence-corrected chi connectivity index (χ0v) is 21.3. The summed E-state index contributed by atoms with van der Waals surface area (Å²) in [6.45, 7) is 6.43. The molecule has 13 heteroatoms. The van der Waals surface area contributed by atoms with Crippen molar-refractivity contribution in [3.63, 3.8) is 0 Å². The van der Waals surface area contributed by atoms with Gasteiger partial charge in [0.05, 0.1) is 35.9 Å². The summed E-state index contributed by atoms with van der Waals surface area (Å²) in [5.41, 5.74) is 2.69. The van der Waals surface area contributed by atoms with E-state index in [0.29, 0.717) is 34.6 Å². The van der Waals surface area contributed by atoms with Gasteiger partial charge in [0.2, 0.25) is 5.62 Å². The van der Waals surface area contributed by atoms with E-state index in [1.165, 1.54) is 0 Å². The van der Waals surface area contributed by atoms with Crippen LogP contribution < -0.4 is 10.4 Å². The molecule has 202 valence electrons. The number of imidazole rings is 1. The molecule has 0 saturated carbocycles. The molecule has 4 rings (SSSR count). The highest BCUT2D eigenvalue weighted by Gasteiger charge is 2.38. The number of aryl methyl sites for hydroxylation is 1. The maximum Gasteiger partial charge on any atom is 0.490 e. The Bertz CT molecular complexity index is 1260. The SMILES string of the molecule is N=c1n(CCCOc2ccc(Cl)cc2Cl)c2ccccc2n1CCN1CCOCC1.O=C(O)C(F)(F)F. The molecule has 0 radical (unpaired) electrons. The lowest BCUT2D eigenvalue weighted by atomic mass is 10.3. The van der Waals surface area contributed by atoms with Crippen LogP contribution in [0, 0.1) is 5.41 Å². The van der Waals surface area contributed by atoms with Gasteiger partial charge in [0.25, 0.3) is 0 Å². The van der Waals surface area contributed by atoms with Crippen molar-refractivity contribution >= 4 is 40.2 Å². The second-order valence-corrected chi connectivity index (χ2v) is 8.99. The van der Waals surface area contributed by atoms with Crippen LogP contribution in [-0.4, -0.2) is 70.7 Å². The Labute approximate surface area is 221 Å². The van der Waals surface area contributed by atoms with E-state index < -0.39 is 12.1 Å². The van der Waals surface area contributed by atoms with E-state index >= 15 is 0 Å². The highest BCUT2D eigenvalue weighted by molar-refractivity contribution is 6.35. The molecule has 37 heavy (non-hydrogen) atoms. The summed E-state index contributed by atoms with van der Waals surface area (Å²) in [6, 6.07) is 13.4. The van der Waals surface area contributed by atoms with Gasteiger partial charge in [-0.2, -0.15) is 13.2 Å². The zero-order chi connectivity index (χ0) is 27.0. The van der Waals surface area contributed by atoms with E-state index in [9.17, 15) is 13.2 Å². The predicted molar refractivity (Wildman–Crippen MR) is 133 cm³/mol. The average Bonchev–Trinajstić information content (AvgIpc) is 3.12. The molecule has 1 aliphatic heterocycles. The van der Waals surface area contributed by atoms with Crippen LogP contribution in [0.25, 0.3) is 11.0 Å². The predicted octanol–water partition coefficient (Wildman–Crippen LogP) is 4.66. The fraction of sp³-hybridized carbons (Fsp3) is 0.417. The molecule has 0 spiro atoms. The monoisotopic (exact) mass is 562 g/mol. The lowest BCUT2D eigenvalue weighted by Crippen LogP contribution is -2.39. The first-order chi connectivity index (χ1) is 17.6. The molecular weight excluding hydrogens is 536 g/mol. The Morgan fingerprint density at radius 1 is 1.03 bits per heavy atom. The summed E-state index contributed by atoms with van der Waals surface area (Å²) in [5.74, 6) is -2.13. The number of carboxylic acids is 1. The number of hydrogen-bond donors (Lipinski definition) is 2. The van der Waals surface area contributed by atoms with Gasteiger partial charge in [-0.05, 0) is 36.8 Å². The first-order valence-corrected chi connectivity index (χ1v) is 12.2. The molecule has 0 unspecified atom stereocenters. The summed E-state index contributed by atoms with van der Waals surface area (Å²) in [7, 11) is 0. The fourth-order valence-corrected chi connectivity index (χ4v) is 4.27. The second kappa shape index (κ2) is 13.2. The highest BCUT2D eigenvalue weighted by atomic mass is 35.5. The molecule has 2 heterocycles. The van der Waals surface area contributed by atoms with Crippen molar-refractivity contribution in [2.24, 2.45) is 0 Å². The third-order valence-corrected chi connectivity index (χ3v) is 6.17. The number of carbonyl (C=O) groups is 1. The number of nitrogens with zero attached hydrogens (tertiary/aromatic N) is 3. The van der Waals surface area contributed by atoms with Crippen LogP contribution in [0.3, 0.4) is 0 Å². The summed E-state index contributed by atoms with van der Waals surface area (Å²) in [4.78, 5) is 11.3. The van der Waals surface area contributed by atoms with E-state index in [1.54, 1.807) is 18.2 Å². The lowest BCUT2D eigenvalue weighted by molar-refractivity contribution is -0.192. The molecule has 0 amide bonds. The number of ether oxygens (including phenoxy) is 2. The number of aromatic nitrogens is 2. The van der Waals surface area contributed by atoms with Crippen molar-refractivity contribution in [2.75, 3.05) is 39.5 Å². The largest absolute Gasteiger partial charge is 0.492 e. The van der Waals surface area contributed by atoms with Crippen LogP contribution in [-0.2, 0) is 22.6 Å². The van der Waals surface area contributed by atoms with Gasteiger partial charge in [0.15, 0.2) is 0 Å². The molecule has 0 bridgehead atoms. The van der Waals surface area contributed by atoms with Crippen molar-refractivity contribution < 1.29 is 32.5 Å². The van der Waals surface area contributed by atoms with Crippen LogP contribution in [0.15, 0.2) is 42.5 Å². The number of carboxylic acid groups (broad SMARTS) is 1. The van der Waals surface area contributed by atoms with E-state index in [-0.39, 0.29) is 0 Å². The molecule has 0 atom stereocenters. The average molecular weight is 563 g/mol. The molecule has 8 nitrogen and oxygen atoms in total. The van der Waals surface area contributed by atoms with Gasteiger partial charge in [0, 0.05) is 37.7 Å². The second-order valence-electron chi connectivity index (χ2n) is 8.15. The highest BCUT2D eigenvalue weighted by Crippen LogP contribution is 2.27. The Hall–Kier alpha value is -2.73. The lowest BCUT2D eigenvalue weighted by Gasteiger charge is -2.26. The number of alkyl halides is 3. The molecular formula is C24H27Cl2F3N4O4. The molecule has 1 fully saturated rings. The van der Waals surface area contributed by atoms with Crippen molar-refractivity contribution in [2.45, 2.75) is 25.7 Å². The standard InChI is InChI=1S/C22H26Cl2N4O2.C2HF3O2/c23-17-6-7-21(18(24)16-17)30-13-3-8-27-19-4-1-2-5-20(19)28(22(27)25)10-9-26-11-14-29-15-12-26;3-2(4,5)1(6)7/h1-2,4-7,16,25H,3,8-15H2;(H,6,7). The number of hydrogen-bond acceptors (Lipinski definition) is 5. The van der Waals surface area contributed by atoms with Crippen LogP contribution in [0.5, 0.6) is 5.75 Å². The Morgan fingerprint density at radius 3 is 2.19 bits per heavy atom. The van der Waals surface area contributed by atoms with Gasteiger partial charge in [-0.1, -0.05) is 35.3 Å². The maximum atomic E-state index is 10.6. The molecule has 1 saturated heterocycles. The minimum absolute atomic E-state index is 0.510. The summed E-state index contributed by atoms with van der Waals surface area (Å²) in [5, 5.41) is 17.0. The van der Waals surface area contributed by atoms with Gasteiger partial charge < -0.3 is 23.7 Å². The molecule has 2 aromatic carbocycles. The Balaban J connectivity index is 0.000000479. The van der Waals surface area contributed by atoms with E-state index in [4.69, 9.17) is 48.0 Å². The van der Waals surface area contributed by atoms with Crippen LogP contribution >= 0.6 is 23.2 Å². The quantitative estimate of drug-likeness (QED) is 0.389. The van der Waals surface area contributed by atoms with E-state index in [0.717, 1.165) is 56.8 Å². The number of aliphatic carboxylic acids is 1. The third-order valence-electron chi connectivity index (χ3n) is 5.64. The number of para-hydroxylation sites is 2. The maximum absolute atomic E-state index is 10.6. The number of rotatable bonds is 8.